The fourth-order valence-corrected chi connectivity index (χ4v) is 7.17. The molecule has 1 N–H and O–H groups in total. The molecule has 6 heteroatoms. The van der Waals surface area contributed by atoms with Crippen molar-refractivity contribution >= 4 is 23.0 Å². The van der Waals surface area contributed by atoms with Crippen LogP contribution >= 0.6 is 0 Å². The third-order valence-electron chi connectivity index (χ3n) is 9.46. The van der Waals surface area contributed by atoms with Crippen molar-refractivity contribution in [3.8, 4) is 5.75 Å². The van der Waals surface area contributed by atoms with E-state index in [9.17, 15) is 4.79 Å². The number of nitrogens with one attached hydrogen (secondary N) is 1. The molecule has 6 nitrogen and oxygen atoms in total. The van der Waals surface area contributed by atoms with E-state index >= 15 is 0 Å². The van der Waals surface area contributed by atoms with E-state index in [1.54, 1.807) is 0 Å². The smallest absolute Gasteiger partial charge is 0.258 e. The monoisotopic (exact) mass is 600 g/mol. The molecule has 7 rings (SSSR count). The van der Waals surface area contributed by atoms with Crippen LogP contribution in [0.15, 0.2) is 91.0 Å². The fraction of sp³-hybridized carbons (Fsp3) is 0.359. The van der Waals surface area contributed by atoms with E-state index in [1.807, 2.05) is 23.1 Å². The van der Waals surface area contributed by atoms with Crippen molar-refractivity contribution in [2.24, 2.45) is 0 Å². The summed E-state index contributed by atoms with van der Waals surface area (Å²) in [5, 5.41) is 3.78. The first kappa shape index (κ1) is 29.4. The zero-order valence-electron chi connectivity index (χ0n) is 26.5. The summed E-state index contributed by atoms with van der Waals surface area (Å²) in [4.78, 5) is 20.8. The van der Waals surface area contributed by atoms with Crippen LogP contribution < -0.4 is 19.9 Å². The van der Waals surface area contributed by atoms with Crippen LogP contribution in [0.1, 0.15) is 52.9 Å². The standard InChI is InChI=1S/C39H44N4O2/c1-28(2)45-38-13-6-5-12-36(38)42-22-20-41(21-23-42)27-29-8-7-11-33(24-29)39(44)43-19-18-31-15-17-35(26-37(31)43)40-34-16-14-30-9-3-4-10-32(30)25-34/h3-13,15,17,24,26,28,34,40H,14,16,18-23,25,27H2,1-2H3. The number of para-hydroxylation sites is 2. The average Bonchev–Trinajstić information content (AvgIpc) is 3.48. The van der Waals surface area contributed by atoms with E-state index < -0.39 is 0 Å². The minimum absolute atomic E-state index is 0.0888. The first-order valence-electron chi connectivity index (χ1n) is 16.6. The predicted octanol–water partition coefficient (Wildman–Crippen LogP) is 6.97. The van der Waals surface area contributed by atoms with Crippen molar-refractivity contribution < 1.29 is 9.53 Å². The molecular weight excluding hydrogens is 556 g/mol. The third-order valence-corrected chi connectivity index (χ3v) is 9.46. The van der Waals surface area contributed by atoms with Gasteiger partial charge in [-0.15, -0.1) is 0 Å². The van der Waals surface area contributed by atoms with Crippen LogP contribution in [0.2, 0.25) is 0 Å². The maximum Gasteiger partial charge on any atom is 0.258 e. The topological polar surface area (TPSA) is 48.1 Å². The van der Waals surface area contributed by atoms with Crippen LogP contribution in [0, 0.1) is 0 Å². The van der Waals surface area contributed by atoms with Gasteiger partial charge in [-0.05, 0) is 98.2 Å². The van der Waals surface area contributed by atoms with Gasteiger partial charge in [0.15, 0.2) is 0 Å². The summed E-state index contributed by atoms with van der Waals surface area (Å²) in [5.41, 5.74) is 9.44. The minimum atomic E-state index is 0.0888. The van der Waals surface area contributed by atoms with Crippen LogP contribution in [0.25, 0.3) is 0 Å². The van der Waals surface area contributed by atoms with Crippen molar-refractivity contribution in [2.75, 3.05) is 47.8 Å². The van der Waals surface area contributed by atoms with Gasteiger partial charge in [0, 0.05) is 62.2 Å². The number of hydrogen-bond donors (Lipinski definition) is 1. The summed E-state index contributed by atoms with van der Waals surface area (Å²) in [5.74, 6) is 1.05. The Bertz CT molecular complexity index is 1660. The van der Waals surface area contributed by atoms with Crippen molar-refractivity contribution in [3.63, 3.8) is 0 Å². The zero-order chi connectivity index (χ0) is 30.8. The second-order valence-electron chi connectivity index (χ2n) is 13.0. The van der Waals surface area contributed by atoms with Crippen molar-refractivity contribution in [1.29, 1.82) is 0 Å². The van der Waals surface area contributed by atoms with Gasteiger partial charge in [0.1, 0.15) is 5.75 Å². The number of piperazine rings is 1. The summed E-state index contributed by atoms with van der Waals surface area (Å²) >= 11 is 0. The normalized spacial score (nSPS) is 18.1. The van der Waals surface area contributed by atoms with E-state index in [0.29, 0.717) is 6.04 Å². The molecule has 2 aliphatic heterocycles. The first-order chi connectivity index (χ1) is 22.0. The molecular formula is C39H44N4O2. The van der Waals surface area contributed by atoms with E-state index in [1.165, 1.54) is 27.9 Å². The fourth-order valence-electron chi connectivity index (χ4n) is 7.17. The first-order valence-corrected chi connectivity index (χ1v) is 16.6. The van der Waals surface area contributed by atoms with E-state index in [2.05, 4.69) is 102 Å². The number of rotatable bonds is 8. The molecule has 4 aromatic carbocycles. The highest BCUT2D eigenvalue weighted by Crippen LogP contribution is 2.34. The Morgan fingerprint density at radius 2 is 1.60 bits per heavy atom. The molecule has 0 bridgehead atoms. The molecule has 232 valence electrons. The molecule has 0 radical (unpaired) electrons. The lowest BCUT2D eigenvalue weighted by Gasteiger charge is -2.37. The second-order valence-corrected chi connectivity index (χ2v) is 13.0. The maximum absolute atomic E-state index is 13.9. The van der Waals surface area contributed by atoms with Gasteiger partial charge in [-0.25, -0.2) is 0 Å². The highest BCUT2D eigenvalue weighted by molar-refractivity contribution is 6.07. The quantitative estimate of drug-likeness (QED) is 0.237. The number of fused-ring (bicyclic) bond motifs is 2. The number of carbonyl (C=O) groups excluding carboxylic acids is 1. The summed E-state index contributed by atoms with van der Waals surface area (Å²) in [6, 6.07) is 32.4. The summed E-state index contributed by atoms with van der Waals surface area (Å²) in [7, 11) is 0. The van der Waals surface area contributed by atoms with Gasteiger partial charge < -0.3 is 19.9 Å². The third kappa shape index (κ3) is 6.57. The van der Waals surface area contributed by atoms with Gasteiger partial charge in [0.2, 0.25) is 0 Å². The predicted molar refractivity (Wildman–Crippen MR) is 184 cm³/mol. The number of amides is 1. The Hall–Kier alpha value is -4.29. The lowest BCUT2D eigenvalue weighted by molar-refractivity contribution is 0.0989. The summed E-state index contributed by atoms with van der Waals surface area (Å²) < 4.78 is 6.08. The number of anilines is 3. The Labute approximate surface area is 267 Å². The largest absolute Gasteiger partial charge is 0.489 e. The Balaban J connectivity index is 0.984. The number of nitrogens with zero attached hydrogens (tertiary/aromatic N) is 3. The Kier molecular flexibility index (Phi) is 8.49. The van der Waals surface area contributed by atoms with Crippen molar-refractivity contribution in [1.82, 2.24) is 4.90 Å². The Morgan fingerprint density at radius 3 is 2.44 bits per heavy atom. The maximum atomic E-state index is 13.9. The van der Waals surface area contributed by atoms with E-state index in [0.717, 1.165) is 87.6 Å². The van der Waals surface area contributed by atoms with Gasteiger partial charge in [-0.1, -0.05) is 54.6 Å². The van der Waals surface area contributed by atoms with Gasteiger partial charge in [0.05, 0.1) is 11.8 Å². The van der Waals surface area contributed by atoms with Crippen molar-refractivity contribution in [2.45, 2.75) is 58.2 Å². The van der Waals surface area contributed by atoms with Crippen LogP contribution in [0.5, 0.6) is 5.75 Å². The molecule has 45 heavy (non-hydrogen) atoms. The second kappa shape index (κ2) is 13.0. The van der Waals surface area contributed by atoms with Crippen LogP contribution in [-0.4, -0.2) is 55.7 Å². The van der Waals surface area contributed by atoms with Crippen molar-refractivity contribution in [3.05, 3.63) is 119 Å². The highest BCUT2D eigenvalue weighted by Gasteiger charge is 2.27. The number of aryl methyl sites for hydroxylation is 1. The van der Waals surface area contributed by atoms with Gasteiger partial charge in [-0.3, -0.25) is 9.69 Å². The number of hydrogen-bond acceptors (Lipinski definition) is 5. The van der Waals surface area contributed by atoms with Crippen LogP contribution in [0.4, 0.5) is 17.1 Å². The molecule has 0 saturated carbocycles. The van der Waals surface area contributed by atoms with Crippen LogP contribution in [-0.2, 0) is 25.8 Å². The molecule has 1 fully saturated rings. The number of ether oxygens (including phenoxy) is 1. The number of benzene rings is 4. The van der Waals surface area contributed by atoms with Gasteiger partial charge in [-0.2, -0.15) is 0 Å². The molecule has 1 aliphatic carbocycles. The Morgan fingerprint density at radius 1 is 0.800 bits per heavy atom. The highest BCUT2D eigenvalue weighted by atomic mass is 16.5. The molecule has 0 spiro atoms. The number of carbonyl (C=O) groups is 1. The van der Waals surface area contributed by atoms with E-state index in [4.69, 9.17) is 4.74 Å². The molecule has 3 aliphatic rings. The van der Waals surface area contributed by atoms with E-state index in [-0.39, 0.29) is 12.0 Å². The molecule has 2 heterocycles. The minimum Gasteiger partial charge on any atom is -0.489 e. The molecule has 1 amide bonds. The lowest BCUT2D eigenvalue weighted by atomic mass is 9.88. The zero-order valence-corrected chi connectivity index (χ0v) is 26.5. The molecule has 0 aromatic heterocycles. The van der Waals surface area contributed by atoms with Crippen LogP contribution in [0.3, 0.4) is 0 Å². The van der Waals surface area contributed by atoms with Gasteiger partial charge in [0.25, 0.3) is 5.91 Å². The average molecular weight is 601 g/mol. The lowest BCUT2D eigenvalue weighted by Crippen LogP contribution is -2.46. The SMILES string of the molecule is CC(C)Oc1ccccc1N1CCN(Cc2cccc(C(=O)N3CCc4ccc(NC5CCc6ccccc6C5)cc43)c2)CC1. The summed E-state index contributed by atoms with van der Waals surface area (Å²) in [6.07, 6.45) is 4.32. The molecule has 4 aromatic rings. The summed E-state index contributed by atoms with van der Waals surface area (Å²) in [6.45, 7) is 9.55. The molecule has 1 unspecified atom stereocenters. The molecule has 1 saturated heterocycles. The van der Waals surface area contributed by atoms with Gasteiger partial charge >= 0.3 is 0 Å². The molecule has 1 atom stereocenters.